The molecule has 0 spiro atoms. The first kappa shape index (κ1) is 19.1. The molecule has 1 atom stereocenters. The van der Waals surface area contributed by atoms with Crippen molar-refractivity contribution in [2.75, 3.05) is 13.7 Å². The quantitative estimate of drug-likeness (QED) is 0.681. The van der Waals surface area contributed by atoms with Crippen LogP contribution < -0.4 is 14.8 Å². The molecule has 2 aromatic rings. The molecule has 130 valence electrons. The van der Waals surface area contributed by atoms with E-state index in [1.54, 1.807) is 14.0 Å². The van der Waals surface area contributed by atoms with E-state index in [1.165, 1.54) is 0 Å². The largest absolute Gasteiger partial charge is 0.493 e. The summed E-state index contributed by atoms with van der Waals surface area (Å²) in [6.45, 7) is 3.33. The van der Waals surface area contributed by atoms with E-state index in [4.69, 9.17) is 21.1 Å². The monoisotopic (exact) mass is 413 g/mol. The maximum absolute atomic E-state index is 9.31. The molecule has 2 rings (SSSR count). The number of aliphatic hydroxyl groups is 1. The van der Waals surface area contributed by atoms with Gasteiger partial charge in [0, 0.05) is 22.6 Å². The van der Waals surface area contributed by atoms with Gasteiger partial charge in [0.2, 0.25) is 0 Å². The predicted octanol–water partition coefficient (Wildman–Crippen LogP) is 4.16. The Balaban J connectivity index is 2.06. The highest BCUT2D eigenvalue weighted by atomic mass is 79.9. The highest BCUT2D eigenvalue weighted by Gasteiger charge is 2.11. The van der Waals surface area contributed by atoms with Crippen molar-refractivity contribution in [2.45, 2.75) is 26.2 Å². The van der Waals surface area contributed by atoms with Gasteiger partial charge in [-0.15, -0.1) is 0 Å². The predicted molar refractivity (Wildman–Crippen MR) is 99.9 cm³/mol. The zero-order valence-electron chi connectivity index (χ0n) is 13.7. The van der Waals surface area contributed by atoms with Gasteiger partial charge in [0.25, 0.3) is 0 Å². The van der Waals surface area contributed by atoms with Gasteiger partial charge >= 0.3 is 0 Å². The molecule has 0 aliphatic heterocycles. The minimum absolute atomic E-state index is 0.382. The third-order valence-corrected chi connectivity index (χ3v) is 4.39. The molecule has 0 fully saturated rings. The van der Waals surface area contributed by atoms with E-state index in [-0.39, 0.29) is 6.10 Å². The summed E-state index contributed by atoms with van der Waals surface area (Å²) in [4.78, 5) is 0. The van der Waals surface area contributed by atoms with Gasteiger partial charge in [0.15, 0.2) is 11.5 Å². The molecule has 0 aliphatic rings. The fourth-order valence-corrected chi connectivity index (χ4v) is 2.73. The van der Waals surface area contributed by atoms with Crippen LogP contribution in [0.2, 0.25) is 5.02 Å². The summed E-state index contributed by atoms with van der Waals surface area (Å²) in [5.74, 6) is 1.33. The van der Waals surface area contributed by atoms with Crippen molar-refractivity contribution in [2.24, 2.45) is 0 Å². The van der Waals surface area contributed by atoms with Crippen molar-refractivity contribution in [3.8, 4) is 11.5 Å². The number of aliphatic hydroxyl groups excluding tert-OH is 1. The Morgan fingerprint density at radius 2 is 1.92 bits per heavy atom. The summed E-state index contributed by atoms with van der Waals surface area (Å²) in [5.41, 5.74) is 2.06. The van der Waals surface area contributed by atoms with Crippen LogP contribution in [-0.2, 0) is 13.2 Å². The van der Waals surface area contributed by atoms with Crippen LogP contribution in [0.3, 0.4) is 0 Å². The van der Waals surface area contributed by atoms with Crippen molar-refractivity contribution in [1.29, 1.82) is 0 Å². The molecular weight excluding hydrogens is 394 g/mol. The van der Waals surface area contributed by atoms with Crippen LogP contribution in [0.15, 0.2) is 40.9 Å². The Morgan fingerprint density at radius 3 is 2.54 bits per heavy atom. The maximum atomic E-state index is 9.31. The summed E-state index contributed by atoms with van der Waals surface area (Å²) < 4.78 is 12.2. The zero-order chi connectivity index (χ0) is 17.5. The minimum Gasteiger partial charge on any atom is -0.493 e. The Labute approximate surface area is 155 Å². The number of ether oxygens (including phenoxy) is 2. The fraction of sp³-hybridized carbons (Fsp3) is 0.333. The fourth-order valence-electron chi connectivity index (χ4n) is 2.14. The van der Waals surface area contributed by atoms with Crippen molar-refractivity contribution in [3.05, 3.63) is 57.0 Å². The Bertz CT molecular complexity index is 662. The number of nitrogens with one attached hydrogen (secondary N) is 1. The highest BCUT2D eigenvalue weighted by molar-refractivity contribution is 9.10. The molecular formula is C18H21BrClNO3. The lowest BCUT2D eigenvalue weighted by atomic mass is 10.2. The van der Waals surface area contributed by atoms with E-state index in [9.17, 15) is 5.11 Å². The SMILES string of the molecule is COc1cc(CNCC(C)O)c(Br)cc1OCc1ccc(Cl)cc1. The number of hydrogen-bond acceptors (Lipinski definition) is 4. The van der Waals surface area contributed by atoms with Gasteiger partial charge in [-0.25, -0.2) is 0 Å². The molecule has 1 unspecified atom stereocenters. The third-order valence-electron chi connectivity index (χ3n) is 3.40. The number of hydrogen-bond donors (Lipinski definition) is 2. The summed E-state index contributed by atoms with van der Waals surface area (Å²) in [6.07, 6.45) is -0.382. The molecule has 24 heavy (non-hydrogen) atoms. The summed E-state index contributed by atoms with van der Waals surface area (Å²) in [5, 5.41) is 13.2. The van der Waals surface area contributed by atoms with E-state index >= 15 is 0 Å². The molecule has 0 saturated heterocycles. The van der Waals surface area contributed by atoms with Crippen LogP contribution in [0.25, 0.3) is 0 Å². The van der Waals surface area contributed by atoms with Crippen molar-refractivity contribution in [1.82, 2.24) is 5.32 Å². The topological polar surface area (TPSA) is 50.7 Å². The molecule has 0 aliphatic carbocycles. The van der Waals surface area contributed by atoms with Gasteiger partial charge in [-0.2, -0.15) is 0 Å². The first-order chi connectivity index (χ1) is 11.5. The van der Waals surface area contributed by atoms with Crippen LogP contribution in [0.5, 0.6) is 11.5 Å². The number of methoxy groups -OCH3 is 1. The number of halogens is 2. The normalized spacial score (nSPS) is 12.0. The van der Waals surface area contributed by atoms with Crippen molar-refractivity contribution >= 4 is 27.5 Å². The van der Waals surface area contributed by atoms with Gasteiger partial charge in [-0.05, 0) is 42.3 Å². The van der Waals surface area contributed by atoms with Crippen molar-refractivity contribution < 1.29 is 14.6 Å². The van der Waals surface area contributed by atoms with Gasteiger partial charge < -0.3 is 19.9 Å². The lowest BCUT2D eigenvalue weighted by molar-refractivity contribution is 0.191. The lowest BCUT2D eigenvalue weighted by Crippen LogP contribution is -2.24. The second kappa shape index (κ2) is 9.28. The minimum atomic E-state index is -0.382. The van der Waals surface area contributed by atoms with Gasteiger partial charge in [-0.3, -0.25) is 0 Å². The van der Waals surface area contributed by atoms with Gasteiger partial charge in [-0.1, -0.05) is 39.7 Å². The van der Waals surface area contributed by atoms with Crippen LogP contribution in [-0.4, -0.2) is 24.9 Å². The van der Waals surface area contributed by atoms with Crippen LogP contribution in [0, 0.1) is 0 Å². The molecule has 6 heteroatoms. The van der Waals surface area contributed by atoms with Gasteiger partial charge in [0.05, 0.1) is 13.2 Å². The number of benzene rings is 2. The molecule has 2 aromatic carbocycles. The summed E-state index contributed by atoms with van der Waals surface area (Å²) in [7, 11) is 1.62. The first-order valence-electron chi connectivity index (χ1n) is 7.62. The van der Waals surface area contributed by atoms with E-state index < -0.39 is 0 Å². The standard InChI is InChI=1S/C18H21BrClNO3/c1-12(22)9-21-10-14-7-17(23-2)18(8-16(14)19)24-11-13-3-5-15(20)6-4-13/h3-8,12,21-22H,9-11H2,1-2H3. The highest BCUT2D eigenvalue weighted by Crippen LogP contribution is 2.34. The van der Waals surface area contributed by atoms with E-state index in [1.807, 2.05) is 36.4 Å². The second-order valence-electron chi connectivity index (χ2n) is 5.49. The molecule has 0 aromatic heterocycles. The summed E-state index contributed by atoms with van der Waals surface area (Å²) >= 11 is 9.45. The Kier molecular flexibility index (Phi) is 7.37. The van der Waals surface area contributed by atoms with Crippen molar-refractivity contribution in [3.63, 3.8) is 0 Å². The smallest absolute Gasteiger partial charge is 0.162 e. The lowest BCUT2D eigenvalue weighted by Gasteiger charge is -2.15. The van der Waals surface area contributed by atoms with Gasteiger partial charge in [0.1, 0.15) is 6.61 Å². The number of rotatable bonds is 8. The molecule has 0 amide bonds. The van der Waals surface area contributed by atoms with E-state index in [0.29, 0.717) is 36.2 Å². The molecule has 0 radical (unpaired) electrons. The third kappa shape index (κ3) is 5.67. The van der Waals surface area contributed by atoms with Crippen LogP contribution >= 0.6 is 27.5 Å². The van der Waals surface area contributed by atoms with E-state index in [2.05, 4.69) is 21.2 Å². The molecule has 4 nitrogen and oxygen atoms in total. The second-order valence-corrected chi connectivity index (χ2v) is 6.78. The first-order valence-corrected chi connectivity index (χ1v) is 8.79. The van der Waals surface area contributed by atoms with Crippen LogP contribution in [0.4, 0.5) is 0 Å². The summed E-state index contributed by atoms with van der Waals surface area (Å²) in [6, 6.07) is 11.4. The average Bonchev–Trinajstić information content (AvgIpc) is 2.55. The van der Waals surface area contributed by atoms with E-state index in [0.717, 1.165) is 15.6 Å². The molecule has 2 N–H and O–H groups in total. The van der Waals surface area contributed by atoms with Crippen LogP contribution in [0.1, 0.15) is 18.1 Å². The molecule has 0 bridgehead atoms. The zero-order valence-corrected chi connectivity index (χ0v) is 16.0. The average molecular weight is 415 g/mol. The molecule has 0 saturated carbocycles. The Morgan fingerprint density at radius 1 is 1.21 bits per heavy atom. The Hall–Kier alpha value is -1.27. The maximum Gasteiger partial charge on any atom is 0.162 e. The molecule has 0 heterocycles.